The van der Waals surface area contributed by atoms with Crippen LogP contribution in [0.2, 0.25) is 0 Å². The Bertz CT molecular complexity index is 892. The van der Waals surface area contributed by atoms with Gasteiger partial charge in [0.1, 0.15) is 0 Å². The predicted octanol–water partition coefficient (Wildman–Crippen LogP) is 4.08. The van der Waals surface area contributed by atoms with Gasteiger partial charge in [-0.1, -0.05) is 36.4 Å². The zero-order valence-electron chi connectivity index (χ0n) is 12.4. The van der Waals surface area contributed by atoms with E-state index in [-0.39, 0.29) is 5.56 Å². The standard InChI is InChI=1S/C19H17NO2/c1-22-18-17(13-5-3-2-4-6-13)15-11-14(12-7-8-12)9-10-16(15)20-19(18)21/h2-6,9-12H,7-8H2,1H3,(H,20,21). The largest absolute Gasteiger partial charge is 0.491 e. The number of methoxy groups -OCH3 is 1. The molecule has 0 aliphatic heterocycles. The quantitative estimate of drug-likeness (QED) is 0.790. The SMILES string of the molecule is COc1c(-c2ccccc2)c2cc(C3CC3)ccc2[nH]c1=O. The molecule has 1 aromatic heterocycles. The highest BCUT2D eigenvalue weighted by atomic mass is 16.5. The average Bonchev–Trinajstić information content (AvgIpc) is 3.39. The Morgan fingerprint density at radius 3 is 2.55 bits per heavy atom. The molecule has 110 valence electrons. The van der Waals surface area contributed by atoms with Gasteiger partial charge in [-0.05, 0) is 42.0 Å². The van der Waals surface area contributed by atoms with Crippen LogP contribution < -0.4 is 10.3 Å². The Morgan fingerprint density at radius 1 is 1.09 bits per heavy atom. The molecule has 3 heteroatoms. The van der Waals surface area contributed by atoms with Crippen LogP contribution in [-0.2, 0) is 0 Å². The monoisotopic (exact) mass is 291 g/mol. The molecular formula is C19H17NO2. The molecule has 1 saturated carbocycles. The maximum absolute atomic E-state index is 12.3. The van der Waals surface area contributed by atoms with Crippen LogP contribution in [0, 0.1) is 0 Å². The van der Waals surface area contributed by atoms with Crippen molar-refractivity contribution in [3.05, 3.63) is 64.4 Å². The molecule has 1 N–H and O–H groups in total. The Kier molecular flexibility index (Phi) is 3.00. The van der Waals surface area contributed by atoms with Crippen molar-refractivity contribution in [2.75, 3.05) is 7.11 Å². The van der Waals surface area contributed by atoms with Crippen molar-refractivity contribution in [1.29, 1.82) is 0 Å². The van der Waals surface area contributed by atoms with Gasteiger partial charge in [-0.15, -0.1) is 0 Å². The van der Waals surface area contributed by atoms with E-state index >= 15 is 0 Å². The zero-order chi connectivity index (χ0) is 15.1. The number of pyridine rings is 1. The summed E-state index contributed by atoms with van der Waals surface area (Å²) in [6.45, 7) is 0. The van der Waals surface area contributed by atoms with E-state index < -0.39 is 0 Å². The topological polar surface area (TPSA) is 42.1 Å². The van der Waals surface area contributed by atoms with Crippen molar-refractivity contribution in [2.45, 2.75) is 18.8 Å². The third-order valence-corrected chi connectivity index (χ3v) is 4.31. The second kappa shape index (κ2) is 5.02. The lowest BCUT2D eigenvalue weighted by molar-refractivity contribution is 0.411. The summed E-state index contributed by atoms with van der Waals surface area (Å²) in [5.41, 5.74) is 3.90. The van der Waals surface area contributed by atoms with Crippen LogP contribution in [-0.4, -0.2) is 12.1 Å². The van der Waals surface area contributed by atoms with Gasteiger partial charge in [0.2, 0.25) is 0 Å². The van der Waals surface area contributed by atoms with Crippen molar-refractivity contribution in [1.82, 2.24) is 4.98 Å². The van der Waals surface area contributed by atoms with Crippen LogP contribution in [0.3, 0.4) is 0 Å². The summed E-state index contributed by atoms with van der Waals surface area (Å²) in [6, 6.07) is 16.3. The molecule has 4 rings (SSSR count). The van der Waals surface area contributed by atoms with E-state index in [2.05, 4.69) is 17.1 Å². The van der Waals surface area contributed by atoms with Gasteiger partial charge in [0.25, 0.3) is 5.56 Å². The van der Waals surface area contributed by atoms with Crippen molar-refractivity contribution in [3.8, 4) is 16.9 Å². The number of ether oxygens (including phenoxy) is 1. The second-order valence-corrected chi connectivity index (χ2v) is 5.81. The number of hydrogen-bond donors (Lipinski definition) is 1. The van der Waals surface area contributed by atoms with Gasteiger partial charge in [-0.25, -0.2) is 0 Å². The van der Waals surface area contributed by atoms with Crippen LogP contribution in [0.4, 0.5) is 0 Å². The van der Waals surface area contributed by atoms with Crippen LogP contribution in [0.25, 0.3) is 22.0 Å². The highest BCUT2D eigenvalue weighted by molar-refractivity contribution is 5.97. The maximum Gasteiger partial charge on any atom is 0.291 e. The summed E-state index contributed by atoms with van der Waals surface area (Å²) in [4.78, 5) is 15.2. The minimum absolute atomic E-state index is 0.187. The summed E-state index contributed by atoms with van der Waals surface area (Å²) in [7, 11) is 1.55. The van der Waals surface area contributed by atoms with Crippen LogP contribution in [0.15, 0.2) is 53.3 Å². The minimum Gasteiger partial charge on any atom is -0.491 e. The van der Waals surface area contributed by atoms with Crippen LogP contribution in [0.5, 0.6) is 5.75 Å². The first-order chi connectivity index (χ1) is 10.8. The summed E-state index contributed by atoms with van der Waals surface area (Å²) >= 11 is 0. The molecule has 0 radical (unpaired) electrons. The van der Waals surface area contributed by atoms with Crippen molar-refractivity contribution >= 4 is 10.9 Å². The number of nitrogens with one attached hydrogen (secondary N) is 1. The number of hydrogen-bond acceptors (Lipinski definition) is 2. The average molecular weight is 291 g/mol. The molecular weight excluding hydrogens is 274 g/mol. The highest BCUT2D eigenvalue weighted by Gasteiger charge is 2.24. The highest BCUT2D eigenvalue weighted by Crippen LogP contribution is 2.42. The van der Waals surface area contributed by atoms with Gasteiger partial charge < -0.3 is 9.72 Å². The van der Waals surface area contributed by atoms with E-state index in [9.17, 15) is 4.79 Å². The molecule has 3 aromatic rings. The summed E-state index contributed by atoms with van der Waals surface area (Å²) in [5, 5.41) is 1.05. The number of aromatic amines is 1. The number of rotatable bonds is 3. The Morgan fingerprint density at radius 2 is 1.86 bits per heavy atom. The van der Waals surface area contributed by atoms with E-state index in [1.54, 1.807) is 7.11 Å². The molecule has 1 fully saturated rings. The molecule has 0 amide bonds. The molecule has 1 heterocycles. The first-order valence-corrected chi connectivity index (χ1v) is 7.57. The molecule has 0 bridgehead atoms. The second-order valence-electron chi connectivity index (χ2n) is 5.81. The van der Waals surface area contributed by atoms with Crippen LogP contribution in [0.1, 0.15) is 24.3 Å². The van der Waals surface area contributed by atoms with Gasteiger partial charge in [-0.3, -0.25) is 4.79 Å². The number of aromatic nitrogens is 1. The Hall–Kier alpha value is -2.55. The van der Waals surface area contributed by atoms with Gasteiger partial charge >= 0.3 is 0 Å². The lowest BCUT2D eigenvalue weighted by atomic mass is 9.97. The molecule has 0 atom stereocenters. The van der Waals surface area contributed by atoms with E-state index in [1.807, 2.05) is 36.4 Å². The summed E-state index contributed by atoms with van der Waals surface area (Å²) in [5.74, 6) is 1.05. The summed E-state index contributed by atoms with van der Waals surface area (Å²) in [6.07, 6.45) is 2.51. The minimum atomic E-state index is -0.187. The fourth-order valence-corrected chi connectivity index (χ4v) is 3.05. The van der Waals surface area contributed by atoms with E-state index in [0.29, 0.717) is 11.7 Å². The fraction of sp³-hybridized carbons (Fsp3) is 0.211. The predicted molar refractivity (Wildman–Crippen MR) is 88.5 cm³/mol. The lowest BCUT2D eigenvalue weighted by Gasteiger charge is -2.13. The van der Waals surface area contributed by atoms with Crippen LogP contribution >= 0.6 is 0 Å². The normalized spacial score (nSPS) is 14.2. The Labute approximate surface area is 128 Å². The van der Waals surface area contributed by atoms with Crippen molar-refractivity contribution in [3.63, 3.8) is 0 Å². The number of fused-ring (bicyclic) bond motifs is 1. The fourth-order valence-electron chi connectivity index (χ4n) is 3.05. The van der Waals surface area contributed by atoms with E-state index in [1.165, 1.54) is 18.4 Å². The first kappa shape index (κ1) is 13.1. The molecule has 2 aromatic carbocycles. The molecule has 0 spiro atoms. The summed E-state index contributed by atoms with van der Waals surface area (Å²) < 4.78 is 5.41. The molecule has 3 nitrogen and oxygen atoms in total. The van der Waals surface area contributed by atoms with E-state index in [0.717, 1.165) is 22.0 Å². The first-order valence-electron chi connectivity index (χ1n) is 7.57. The smallest absolute Gasteiger partial charge is 0.291 e. The van der Waals surface area contributed by atoms with E-state index in [4.69, 9.17) is 4.74 Å². The molecule has 22 heavy (non-hydrogen) atoms. The van der Waals surface area contributed by atoms with Gasteiger partial charge in [-0.2, -0.15) is 0 Å². The van der Waals surface area contributed by atoms with Crippen molar-refractivity contribution in [2.24, 2.45) is 0 Å². The maximum atomic E-state index is 12.3. The third-order valence-electron chi connectivity index (χ3n) is 4.31. The lowest BCUT2D eigenvalue weighted by Crippen LogP contribution is -2.11. The number of H-pyrrole nitrogens is 1. The number of benzene rings is 2. The van der Waals surface area contributed by atoms with Gasteiger partial charge in [0.15, 0.2) is 5.75 Å². The zero-order valence-corrected chi connectivity index (χ0v) is 12.4. The van der Waals surface area contributed by atoms with Crippen molar-refractivity contribution < 1.29 is 4.74 Å². The third kappa shape index (κ3) is 2.10. The van der Waals surface area contributed by atoms with Gasteiger partial charge in [0, 0.05) is 16.5 Å². The molecule has 1 aliphatic carbocycles. The molecule has 1 aliphatic rings. The Balaban J connectivity index is 2.08. The van der Waals surface area contributed by atoms with Gasteiger partial charge in [0.05, 0.1) is 7.11 Å². The molecule has 0 saturated heterocycles. The molecule has 0 unspecified atom stereocenters.